The zero-order valence-electron chi connectivity index (χ0n) is 38.5. The van der Waals surface area contributed by atoms with Crippen molar-refractivity contribution in [2.75, 3.05) is 33.9 Å². The van der Waals surface area contributed by atoms with E-state index in [-0.39, 0.29) is 40.5 Å². The molecule has 5 aromatic carbocycles. The number of ether oxygens (including phenoxy) is 2. The van der Waals surface area contributed by atoms with Crippen molar-refractivity contribution in [3.63, 3.8) is 0 Å². The van der Waals surface area contributed by atoms with E-state index in [0.29, 0.717) is 55.5 Å². The third kappa shape index (κ3) is 8.55. The number of esters is 2. The van der Waals surface area contributed by atoms with Crippen molar-refractivity contribution in [3.8, 4) is 0 Å². The van der Waals surface area contributed by atoms with Crippen LogP contribution in [0.2, 0.25) is 0 Å². The number of carbonyl (C=O) groups is 6. The molecule has 4 amide bonds. The topological polar surface area (TPSA) is 172 Å². The van der Waals surface area contributed by atoms with Gasteiger partial charge < -0.3 is 24.6 Å². The van der Waals surface area contributed by atoms with E-state index in [4.69, 9.17) is 14.7 Å². The van der Waals surface area contributed by atoms with Gasteiger partial charge in [-0.15, -0.1) is 0 Å². The first-order chi connectivity index (χ1) is 32.9. The molecule has 3 saturated heterocycles. The first kappa shape index (κ1) is 46.0. The molecule has 0 aromatic heterocycles. The van der Waals surface area contributed by atoms with Crippen LogP contribution in [-0.2, 0) is 75.5 Å². The number of amides is 4. The molecule has 3 fully saturated rings. The molecule has 3 heterocycles. The van der Waals surface area contributed by atoms with Gasteiger partial charge >= 0.3 is 11.9 Å². The first-order valence-corrected chi connectivity index (χ1v) is 23.3. The maximum atomic E-state index is 13.2. The van der Waals surface area contributed by atoms with E-state index < -0.39 is 11.3 Å². The van der Waals surface area contributed by atoms with E-state index in [1.807, 2.05) is 94.7 Å². The summed E-state index contributed by atoms with van der Waals surface area (Å²) in [5.74, 6) is -0.649. The summed E-state index contributed by atoms with van der Waals surface area (Å²) < 4.78 is 9.71. The summed E-state index contributed by atoms with van der Waals surface area (Å²) in [5.41, 5.74) is 10.6. The zero-order chi connectivity index (χ0) is 47.6. The lowest BCUT2D eigenvalue weighted by Gasteiger charge is -2.23. The molecule has 6 aliphatic rings. The van der Waals surface area contributed by atoms with Crippen molar-refractivity contribution in [1.29, 1.82) is 0 Å². The molecular weight excluding hydrogens is 861 g/mol. The van der Waals surface area contributed by atoms with Crippen LogP contribution < -0.4 is 10.8 Å². The van der Waals surface area contributed by atoms with Gasteiger partial charge in [-0.25, -0.2) is 15.1 Å². The van der Waals surface area contributed by atoms with Gasteiger partial charge in [-0.2, -0.15) is 0 Å². The molecular formula is C55H56N4O9. The lowest BCUT2D eigenvalue weighted by molar-refractivity contribution is -0.136. The van der Waals surface area contributed by atoms with Crippen LogP contribution in [0, 0.1) is 16.2 Å². The summed E-state index contributed by atoms with van der Waals surface area (Å²) in [7, 11) is 2.78. The lowest BCUT2D eigenvalue weighted by Crippen LogP contribution is -2.35. The molecule has 3 unspecified atom stereocenters. The highest BCUT2D eigenvalue weighted by atomic mass is 16.5. The molecule has 13 heteroatoms. The minimum atomic E-state index is -0.513. The third-order valence-corrected chi connectivity index (χ3v) is 15.1. The lowest BCUT2D eigenvalue weighted by atomic mass is 9.83. The number of carbonyl (C=O) groups excluding carboxylic acids is 6. The maximum Gasteiger partial charge on any atom is 0.338 e. The molecule has 3 aliphatic carbocycles. The van der Waals surface area contributed by atoms with E-state index in [9.17, 15) is 28.8 Å². The van der Waals surface area contributed by atoms with Crippen LogP contribution in [0.5, 0.6) is 0 Å². The fraction of sp³-hybridized carbons (Fsp3) is 0.345. The number of likely N-dealkylation sites (tertiary alicyclic amines) is 2. The van der Waals surface area contributed by atoms with Crippen molar-refractivity contribution in [1.82, 2.24) is 20.6 Å². The normalized spacial score (nSPS) is 22.5. The van der Waals surface area contributed by atoms with Crippen LogP contribution in [0.3, 0.4) is 0 Å². The van der Waals surface area contributed by atoms with Crippen LogP contribution in [-0.4, -0.2) is 84.4 Å². The molecule has 350 valence electrons. The Balaban J connectivity index is 0.000000129. The Kier molecular flexibility index (Phi) is 12.8. The van der Waals surface area contributed by atoms with Crippen molar-refractivity contribution in [3.05, 3.63) is 176 Å². The fourth-order valence-electron chi connectivity index (χ4n) is 11.6. The molecule has 0 bridgehead atoms. The van der Waals surface area contributed by atoms with E-state index in [1.54, 1.807) is 23.7 Å². The minimum Gasteiger partial charge on any atom is -0.465 e. The minimum absolute atomic E-state index is 0.120. The summed E-state index contributed by atoms with van der Waals surface area (Å²) >= 11 is 0. The van der Waals surface area contributed by atoms with Gasteiger partial charge in [-0.1, -0.05) is 97.1 Å². The van der Waals surface area contributed by atoms with E-state index in [0.717, 1.165) is 96.2 Å². The fourth-order valence-corrected chi connectivity index (χ4v) is 11.6. The molecule has 3 spiro atoms. The molecule has 11 rings (SSSR count). The molecule has 3 atom stereocenters. The van der Waals surface area contributed by atoms with E-state index in [2.05, 4.69) is 17.4 Å². The van der Waals surface area contributed by atoms with Gasteiger partial charge in [0, 0.05) is 38.3 Å². The number of fused-ring (bicyclic) bond motifs is 3. The molecule has 5 aromatic rings. The molecule has 13 nitrogen and oxygen atoms in total. The average Bonchev–Trinajstić information content (AvgIpc) is 4.23. The van der Waals surface area contributed by atoms with Gasteiger partial charge in [0.15, 0.2) is 0 Å². The number of rotatable bonds is 7. The van der Waals surface area contributed by atoms with Crippen LogP contribution >= 0.6 is 0 Å². The van der Waals surface area contributed by atoms with Crippen LogP contribution in [0.25, 0.3) is 0 Å². The van der Waals surface area contributed by atoms with Crippen molar-refractivity contribution < 1.29 is 43.4 Å². The molecule has 3 N–H and O–H groups in total. The number of hydroxylamine groups is 1. The maximum absolute atomic E-state index is 13.2. The second-order valence-corrected chi connectivity index (χ2v) is 19.1. The summed E-state index contributed by atoms with van der Waals surface area (Å²) in [6.07, 6.45) is 6.46. The number of methoxy groups -OCH3 is 2. The Hall–Kier alpha value is -7.12. The molecule has 3 aliphatic heterocycles. The predicted molar refractivity (Wildman–Crippen MR) is 251 cm³/mol. The Labute approximate surface area is 395 Å². The average molecular weight is 917 g/mol. The van der Waals surface area contributed by atoms with E-state index >= 15 is 0 Å². The highest BCUT2D eigenvalue weighted by Crippen LogP contribution is 2.48. The van der Waals surface area contributed by atoms with Crippen LogP contribution in [0.15, 0.2) is 115 Å². The Bertz CT molecular complexity index is 2660. The zero-order valence-corrected chi connectivity index (χ0v) is 38.5. The largest absolute Gasteiger partial charge is 0.465 e. The highest BCUT2D eigenvalue weighted by Gasteiger charge is 2.52. The second kappa shape index (κ2) is 18.9. The number of nitrogens with zero attached hydrogens (tertiary/aromatic N) is 2. The van der Waals surface area contributed by atoms with Gasteiger partial charge in [0.2, 0.25) is 17.7 Å². The second-order valence-electron chi connectivity index (χ2n) is 19.1. The Morgan fingerprint density at radius 2 is 0.956 bits per heavy atom. The molecule has 0 radical (unpaired) electrons. The van der Waals surface area contributed by atoms with Gasteiger partial charge in [-0.3, -0.25) is 24.4 Å². The summed E-state index contributed by atoms with van der Waals surface area (Å²) in [4.78, 5) is 77.9. The third-order valence-electron chi connectivity index (χ3n) is 15.1. The van der Waals surface area contributed by atoms with Crippen molar-refractivity contribution in [2.24, 2.45) is 16.2 Å². The Morgan fingerprint density at radius 3 is 1.37 bits per heavy atom. The molecule has 68 heavy (non-hydrogen) atoms. The quantitative estimate of drug-likeness (QED) is 0.0951. The standard InChI is InChI=1S/C21H21NO3.C20H20N2O3.C14H15NO3/c1-25-19(23)17-9-5-8-16-12-21(13-18(16)17)10-11-22(20(21)24)14-15-6-3-2-4-7-15;23-18(21-25)16-8-4-7-15-11-20(12-17(15)16)9-10-22(19(20)24)13-14-5-2-1-3-6-14;1-18-12(16)10-4-2-3-9-7-14(8-11(9)10)5-6-15-13(14)17/h2-9H,10-14H2,1H3;1-8,25H,9-13H2,(H,21,23);2-4H,5-8H2,1H3,(H,15,17). The van der Waals surface area contributed by atoms with Gasteiger partial charge in [0.05, 0.1) is 41.6 Å². The summed E-state index contributed by atoms with van der Waals surface area (Å²) in [6.45, 7) is 3.53. The smallest absolute Gasteiger partial charge is 0.338 e. The number of nitrogens with one attached hydrogen (secondary N) is 2. The van der Waals surface area contributed by atoms with Crippen molar-refractivity contribution in [2.45, 2.75) is 70.9 Å². The Morgan fingerprint density at radius 1 is 0.544 bits per heavy atom. The summed E-state index contributed by atoms with van der Waals surface area (Å²) in [5, 5.41) is 11.9. The number of benzene rings is 5. The highest BCUT2D eigenvalue weighted by molar-refractivity contribution is 5.97. The van der Waals surface area contributed by atoms with E-state index in [1.165, 1.54) is 14.2 Å². The SMILES string of the molecule is COC(=O)c1cccc2c1CC1(CCN(Cc3ccccc3)C1=O)C2.COC(=O)c1cccc2c1CC1(CCNC1=O)C2.O=C(NO)c1cccc2c1CC1(CCN(Cc3ccccc3)C1=O)C2. The number of hydrogen-bond donors (Lipinski definition) is 3. The van der Waals surface area contributed by atoms with Gasteiger partial charge in [0.1, 0.15) is 0 Å². The van der Waals surface area contributed by atoms with Crippen molar-refractivity contribution >= 4 is 35.6 Å². The first-order valence-electron chi connectivity index (χ1n) is 23.3. The van der Waals surface area contributed by atoms with Crippen LogP contribution in [0.4, 0.5) is 0 Å². The molecule has 0 saturated carbocycles. The predicted octanol–water partition coefficient (Wildman–Crippen LogP) is 6.39. The monoisotopic (exact) mass is 916 g/mol. The van der Waals surface area contributed by atoms with Gasteiger partial charge in [-0.05, 0) is 120 Å². The van der Waals surface area contributed by atoms with Crippen LogP contribution in [0.1, 0.15) is 94.8 Å². The summed E-state index contributed by atoms with van der Waals surface area (Å²) in [6, 6.07) is 36.9. The van der Waals surface area contributed by atoms with Gasteiger partial charge in [0.25, 0.3) is 5.91 Å². The number of hydrogen-bond acceptors (Lipinski definition) is 9.